The molecule has 0 aliphatic carbocycles. The molecule has 0 unspecified atom stereocenters. The second-order valence-corrected chi connectivity index (χ2v) is 6.89. The zero-order chi connectivity index (χ0) is 18.1. The van der Waals surface area contributed by atoms with Gasteiger partial charge in [-0.15, -0.1) is 0 Å². The topological polar surface area (TPSA) is 73.9 Å². The zero-order valence-electron chi connectivity index (χ0n) is 15.1. The minimum absolute atomic E-state index is 0.00809. The lowest BCUT2D eigenvalue weighted by Gasteiger charge is -2.32. The van der Waals surface area contributed by atoms with Gasteiger partial charge in [-0.1, -0.05) is 12.1 Å². The molecule has 6 heteroatoms. The number of anilines is 1. The fourth-order valence-corrected chi connectivity index (χ4v) is 3.61. The second kappa shape index (κ2) is 6.78. The molecule has 1 aromatic carbocycles. The summed E-state index contributed by atoms with van der Waals surface area (Å²) in [5.41, 5.74) is 3.95. The molecule has 134 valence electrons. The summed E-state index contributed by atoms with van der Waals surface area (Å²) < 4.78 is 0. The third-order valence-electron chi connectivity index (χ3n) is 5.25. The number of carbonyl (C=O) groups excluding carboxylic acids is 1. The fourth-order valence-electron chi connectivity index (χ4n) is 3.61. The van der Waals surface area contributed by atoms with E-state index in [2.05, 4.69) is 38.2 Å². The maximum Gasteiger partial charge on any atom is 0.253 e. The van der Waals surface area contributed by atoms with Gasteiger partial charge in [0.05, 0.1) is 11.1 Å². The number of nitrogens with one attached hydrogen (secondary N) is 2. The molecule has 0 atom stereocenters. The molecule has 1 saturated heterocycles. The summed E-state index contributed by atoms with van der Waals surface area (Å²) in [4.78, 5) is 27.0. The highest BCUT2D eigenvalue weighted by molar-refractivity contribution is 6.06. The lowest BCUT2D eigenvalue weighted by molar-refractivity contribution is 0.0932. The normalized spacial score (nSPS) is 15.4. The molecule has 26 heavy (non-hydrogen) atoms. The molecule has 0 bridgehead atoms. The van der Waals surface area contributed by atoms with E-state index in [1.165, 1.54) is 5.56 Å². The van der Waals surface area contributed by atoms with Crippen LogP contribution < -0.4 is 10.2 Å². The van der Waals surface area contributed by atoms with E-state index in [4.69, 9.17) is 0 Å². The summed E-state index contributed by atoms with van der Waals surface area (Å²) in [5.74, 6) is 0.755. The Balaban J connectivity index is 1.44. The standard InChI is InChI=1S/C20H23N5O/c1-13-14(2)23-18-16(13)5-3-6-17(18)19(26)24-15-7-11-25(12-8-15)20-21-9-4-10-22-20/h3-6,9-10,15,23H,7-8,11-12H2,1-2H3,(H,24,26). The maximum atomic E-state index is 12.8. The highest BCUT2D eigenvalue weighted by Crippen LogP contribution is 2.24. The molecule has 1 amide bonds. The molecule has 2 N–H and O–H groups in total. The summed E-state index contributed by atoms with van der Waals surface area (Å²) in [6, 6.07) is 7.90. The van der Waals surface area contributed by atoms with Crippen LogP contribution in [-0.2, 0) is 0 Å². The number of H-pyrrole nitrogens is 1. The molecule has 1 aliphatic rings. The fraction of sp³-hybridized carbons (Fsp3) is 0.350. The largest absolute Gasteiger partial charge is 0.358 e. The van der Waals surface area contributed by atoms with Gasteiger partial charge in [0.1, 0.15) is 0 Å². The Labute approximate surface area is 152 Å². The smallest absolute Gasteiger partial charge is 0.253 e. The van der Waals surface area contributed by atoms with Crippen LogP contribution in [0.5, 0.6) is 0 Å². The lowest BCUT2D eigenvalue weighted by atomic mass is 10.0. The van der Waals surface area contributed by atoms with E-state index in [0.29, 0.717) is 5.56 Å². The van der Waals surface area contributed by atoms with Crippen LogP contribution >= 0.6 is 0 Å². The molecule has 1 fully saturated rings. The van der Waals surface area contributed by atoms with Crippen molar-refractivity contribution in [2.45, 2.75) is 32.7 Å². The maximum absolute atomic E-state index is 12.8. The van der Waals surface area contributed by atoms with Crippen molar-refractivity contribution in [2.75, 3.05) is 18.0 Å². The first kappa shape index (κ1) is 16.6. The average molecular weight is 349 g/mol. The number of fused-ring (bicyclic) bond motifs is 1. The lowest BCUT2D eigenvalue weighted by Crippen LogP contribution is -2.45. The molecule has 6 nitrogen and oxygen atoms in total. The van der Waals surface area contributed by atoms with Crippen LogP contribution in [0.25, 0.3) is 10.9 Å². The number of para-hydroxylation sites is 1. The summed E-state index contributed by atoms with van der Waals surface area (Å²) in [6.45, 7) is 5.81. The van der Waals surface area contributed by atoms with E-state index in [9.17, 15) is 4.79 Å². The van der Waals surface area contributed by atoms with Gasteiger partial charge in [-0.3, -0.25) is 4.79 Å². The van der Waals surface area contributed by atoms with Gasteiger partial charge in [-0.2, -0.15) is 0 Å². The van der Waals surface area contributed by atoms with Gasteiger partial charge in [0.15, 0.2) is 0 Å². The van der Waals surface area contributed by atoms with Gasteiger partial charge in [-0.05, 0) is 44.4 Å². The number of hydrogen-bond acceptors (Lipinski definition) is 4. The minimum atomic E-state index is -0.00809. The van der Waals surface area contributed by atoms with Crippen molar-refractivity contribution >= 4 is 22.8 Å². The monoisotopic (exact) mass is 349 g/mol. The van der Waals surface area contributed by atoms with Crippen molar-refractivity contribution in [2.24, 2.45) is 0 Å². The molecule has 2 aromatic heterocycles. The van der Waals surface area contributed by atoms with E-state index >= 15 is 0 Å². The Bertz CT molecular complexity index is 926. The van der Waals surface area contributed by atoms with E-state index in [1.807, 2.05) is 25.1 Å². The van der Waals surface area contributed by atoms with Gasteiger partial charge >= 0.3 is 0 Å². The number of hydrogen-bond donors (Lipinski definition) is 2. The third-order valence-corrected chi connectivity index (χ3v) is 5.25. The molecule has 3 heterocycles. The first-order chi connectivity index (χ1) is 12.6. The average Bonchev–Trinajstić information content (AvgIpc) is 2.97. The molecule has 0 radical (unpaired) electrons. The van der Waals surface area contributed by atoms with Crippen LogP contribution in [0.4, 0.5) is 5.95 Å². The summed E-state index contributed by atoms with van der Waals surface area (Å²) in [6.07, 6.45) is 5.31. The molecule has 0 spiro atoms. The van der Waals surface area contributed by atoms with Gasteiger partial charge in [0.25, 0.3) is 5.91 Å². The highest BCUT2D eigenvalue weighted by Gasteiger charge is 2.23. The van der Waals surface area contributed by atoms with Crippen molar-refractivity contribution in [1.82, 2.24) is 20.3 Å². The number of amides is 1. The predicted molar refractivity (Wildman–Crippen MR) is 103 cm³/mol. The highest BCUT2D eigenvalue weighted by atomic mass is 16.1. The summed E-state index contributed by atoms with van der Waals surface area (Å²) in [7, 11) is 0. The Morgan fingerprint density at radius 3 is 2.62 bits per heavy atom. The van der Waals surface area contributed by atoms with Crippen LogP contribution in [0.3, 0.4) is 0 Å². The molecule has 1 aliphatic heterocycles. The van der Waals surface area contributed by atoms with Crippen molar-refractivity contribution in [3.8, 4) is 0 Å². The first-order valence-electron chi connectivity index (χ1n) is 9.04. The molecule has 3 aromatic rings. The van der Waals surface area contributed by atoms with Crippen LogP contribution in [0.2, 0.25) is 0 Å². The number of nitrogens with zero attached hydrogens (tertiary/aromatic N) is 3. The Kier molecular flexibility index (Phi) is 4.32. The van der Waals surface area contributed by atoms with Crippen LogP contribution in [-0.4, -0.2) is 40.0 Å². The number of piperidine rings is 1. The first-order valence-corrected chi connectivity index (χ1v) is 9.04. The number of aryl methyl sites for hydroxylation is 2. The quantitative estimate of drug-likeness (QED) is 0.762. The second-order valence-electron chi connectivity index (χ2n) is 6.89. The Morgan fingerprint density at radius 2 is 1.88 bits per heavy atom. The molecular formula is C20H23N5O. The van der Waals surface area contributed by atoms with Crippen molar-refractivity contribution in [3.63, 3.8) is 0 Å². The Morgan fingerprint density at radius 1 is 1.15 bits per heavy atom. The van der Waals surface area contributed by atoms with E-state index < -0.39 is 0 Å². The number of rotatable bonds is 3. The van der Waals surface area contributed by atoms with Crippen LogP contribution in [0.15, 0.2) is 36.7 Å². The van der Waals surface area contributed by atoms with Gasteiger partial charge in [0.2, 0.25) is 5.95 Å². The van der Waals surface area contributed by atoms with Crippen LogP contribution in [0, 0.1) is 13.8 Å². The molecular weight excluding hydrogens is 326 g/mol. The van der Waals surface area contributed by atoms with Crippen molar-refractivity contribution in [1.29, 1.82) is 0 Å². The molecule has 0 saturated carbocycles. The van der Waals surface area contributed by atoms with Crippen molar-refractivity contribution < 1.29 is 4.79 Å². The molecule has 4 rings (SSSR count). The van der Waals surface area contributed by atoms with E-state index in [-0.39, 0.29) is 11.9 Å². The summed E-state index contributed by atoms with van der Waals surface area (Å²) in [5, 5.41) is 4.32. The van der Waals surface area contributed by atoms with Gasteiger partial charge in [-0.25, -0.2) is 9.97 Å². The van der Waals surface area contributed by atoms with E-state index in [1.54, 1.807) is 12.4 Å². The number of aromatic nitrogens is 3. The SMILES string of the molecule is Cc1[nH]c2c(C(=O)NC3CCN(c4ncccn4)CC3)cccc2c1C. The number of aromatic amines is 1. The number of benzene rings is 1. The van der Waals surface area contributed by atoms with Gasteiger partial charge in [0, 0.05) is 42.6 Å². The zero-order valence-corrected chi connectivity index (χ0v) is 15.1. The Hall–Kier alpha value is -2.89. The predicted octanol–water partition coefficient (Wildman–Crippen LogP) is 2.97. The van der Waals surface area contributed by atoms with Crippen LogP contribution in [0.1, 0.15) is 34.5 Å². The summed E-state index contributed by atoms with van der Waals surface area (Å²) >= 11 is 0. The number of carbonyl (C=O) groups is 1. The van der Waals surface area contributed by atoms with Crippen molar-refractivity contribution in [3.05, 3.63) is 53.5 Å². The minimum Gasteiger partial charge on any atom is -0.358 e. The van der Waals surface area contributed by atoms with Gasteiger partial charge < -0.3 is 15.2 Å². The third kappa shape index (κ3) is 3.03. The van der Waals surface area contributed by atoms with E-state index in [0.717, 1.165) is 48.5 Å².